The van der Waals surface area contributed by atoms with Crippen LogP contribution in [0.5, 0.6) is 0 Å². The van der Waals surface area contributed by atoms with Gasteiger partial charge in [0, 0.05) is 30.4 Å². The van der Waals surface area contributed by atoms with Gasteiger partial charge in [0.1, 0.15) is 5.69 Å². The number of anilines is 1. The summed E-state index contributed by atoms with van der Waals surface area (Å²) in [6.07, 6.45) is 3.22. The lowest BCUT2D eigenvalue weighted by molar-refractivity contribution is -0.119. The molecule has 1 fully saturated rings. The summed E-state index contributed by atoms with van der Waals surface area (Å²) in [5, 5.41) is 5.03. The molecule has 0 radical (unpaired) electrons. The van der Waals surface area contributed by atoms with E-state index in [2.05, 4.69) is 15.3 Å². The number of hydrogen-bond donors (Lipinski definition) is 4. The molecule has 2 aromatic heterocycles. The Morgan fingerprint density at radius 1 is 1.42 bits per heavy atom. The van der Waals surface area contributed by atoms with Crippen molar-refractivity contribution in [3.63, 3.8) is 0 Å². The van der Waals surface area contributed by atoms with Gasteiger partial charge in [-0.05, 0) is 24.8 Å². The summed E-state index contributed by atoms with van der Waals surface area (Å²) in [6.45, 7) is 1.28. The summed E-state index contributed by atoms with van der Waals surface area (Å²) in [4.78, 5) is 30.5. The second kappa shape index (κ2) is 7.12. The van der Waals surface area contributed by atoms with E-state index in [4.69, 9.17) is 16.2 Å². The van der Waals surface area contributed by atoms with Crippen LogP contribution in [0.15, 0.2) is 17.6 Å². The van der Waals surface area contributed by atoms with E-state index in [9.17, 15) is 9.59 Å². The Morgan fingerprint density at radius 3 is 2.83 bits per heavy atom. The van der Waals surface area contributed by atoms with Crippen molar-refractivity contribution in [3.05, 3.63) is 23.3 Å². The SMILES string of the molecule is NC(=O)c1cc(-c2csc(NC(=O)C(N)C3CCOCC3)n2)c[nH]1. The minimum Gasteiger partial charge on any atom is -0.381 e. The molecule has 6 N–H and O–H groups in total. The van der Waals surface area contributed by atoms with Gasteiger partial charge in [0.25, 0.3) is 5.91 Å². The number of thiazole rings is 1. The quantitative estimate of drug-likeness (QED) is 0.636. The van der Waals surface area contributed by atoms with Crippen molar-refractivity contribution in [2.45, 2.75) is 18.9 Å². The molecule has 1 unspecified atom stereocenters. The lowest BCUT2D eigenvalue weighted by Gasteiger charge is -2.26. The van der Waals surface area contributed by atoms with Gasteiger partial charge >= 0.3 is 0 Å². The number of nitrogens with one attached hydrogen (secondary N) is 2. The molecule has 2 amide bonds. The fraction of sp³-hybridized carbons (Fsp3) is 0.400. The van der Waals surface area contributed by atoms with E-state index in [1.165, 1.54) is 11.3 Å². The number of aromatic nitrogens is 2. The van der Waals surface area contributed by atoms with Gasteiger partial charge in [-0.25, -0.2) is 4.98 Å². The van der Waals surface area contributed by atoms with Crippen LogP contribution in [0.2, 0.25) is 0 Å². The van der Waals surface area contributed by atoms with Gasteiger partial charge in [-0.1, -0.05) is 0 Å². The number of ether oxygens (including phenoxy) is 1. The van der Waals surface area contributed by atoms with Gasteiger partial charge in [0.15, 0.2) is 5.13 Å². The maximum atomic E-state index is 12.3. The molecule has 9 heteroatoms. The number of amides is 2. The van der Waals surface area contributed by atoms with E-state index in [0.717, 1.165) is 18.4 Å². The van der Waals surface area contributed by atoms with Crippen molar-refractivity contribution in [1.82, 2.24) is 9.97 Å². The zero-order chi connectivity index (χ0) is 17.1. The number of nitrogens with two attached hydrogens (primary N) is 2. The minimum atomic E-state index is -0.574. The molecule has 0 saturated carbocycles. The standard InChI is InChI=1S/C15H19N5O3S/c16-12(8-1-3-23-4-2-8)14(22)20-15-19-11(7-24-15)9-5-10(13(17)21)18-6-9/h5-8,12,18H,1-4,16H2,(H2,17,21)(H,19,20,22). The van der Waals surface area contributed by atoms with Crippen LogP contribution in [0.1, 0.15) is 23.3 Å². The number of carbonyl (C=O) groups is 2. The topological polar surface area (TPSA) is 136 Å². The van der Waals surface area contributed by atoms with Crippen molar-refractivity contribution in [3.8, 4) is 11.3 Å². The Hall–Kier alpha value is -2.23. The number of H-pyrrole nitrogens is 1. The first kappa shape index (κ1) is 16.6. The van der Waals surface area contributed by atoms with Crippen LogP contribution in [0.25, 0.3) is 11.3 Å². The third-order valence-corrected chi connectivity index (χ3v) is 4.81. The number of aromatic amines is 1. The summed E-state index contributed by atoms with van der Waals surface area (Å²) in [5.74, 6) is -0.650. The molecule has 1 aliphatic rings. The van der Waals surface area contributed by atoms with Crippen LogP contribution in [0.4, 0.5) is 5.13 Å². The molecule has 0 bridgehead atoms. The molecule has 1 atom stereocenters. The molecule has 1 aliphatic heterocycles. The van der Waals surface area contributed by atoms with Gasteiger partial charge in [0.05, 0.1) is 11.7 Å². The third kappa shape index (κ3) is 3.64. The molecule has 3 heterocycles. The molecule has 3 rings (SSSR count). The molecule has 24 heavy (non-hydrogen) atoms. The number of rotatable bonds is 5. The zero-order valence-corrected chi connectivity index (χ0v) is 13.8. The highest BCUT2D eigenvalue weighted by atomic mass is 32.1. The molecule has 1 saturated heterocycles. The highest BCUT2D eigenvalue weighted by molar-refractivity contribution is 7.14. The van der Waals surface area contributed by atoms with Crippen molar-refractivity contribution in [1.29, 1.82) is 0 Å². The fourth-order valence-electron chi connectivity index (χ4n) is 2.63. The average molecular weight is 349 g/mol. The Bertz CT molecular complexity index is 735. The van der Waals surface area contributed by atoms with Crippen molar-refractivity contribution >= 4 is 28.3 Å². The largest absolute Gasteiger partial charge is 0.381 e. The second-order valence-electron chi connectivity index (χ2n) is 5.67. The lowest BCUT2D eigenvalue weighted by Crippen LogP contribution is -2.43. The Labute approximate surface area is 142 Å². The van der Waals surface area contributed by atoms with Crippen molar-refractivity contribution in [2.24, 2.45) is 17.4 Å². The molecule has 2 aromatic rings. The number of primary amides is 1. The number of nitrogens with zero attached hydrogens (tertiary/aromatic N) is 1. The van der Waals surface area contributed by atoms with Crippen molar-refractivity contribution in [2.75, 3.05) is 18.5 Å². The van der Waals surface area contributed by atoms with Gasteiger partial charge in [-0.15, -0.1) is 11.3 Å². The van der Waals surface area contributed by atoms with Crippen molar-refractivity contribution < 1.29 is 14.3 Å². The van der Waals surface area contributed by atoms with E-state index in [1.54, 1.807) is 17.6 Å². The molecule has 8 nitrogen and oxygen atoms in total. The lowest BCUT2D eigenvalue weighted by atomic mass is 9.92. The van der Waals surface area contributed by atoms with Crippen LogP contribution < -0.4 is 16.8 Å². The van der Waals surface area contributed by atoms with Gasteiger partial charge in [-0.3, -0.25) is 9.59 Å². The summed E-state index contributed by atoms with van der Waals surface area (Å²) >= 11 is 1.30. The van der Waals surface area contributed by atoms with Gasteiger partial charge < -0.3 is 26.5 Å². The molecule has 0 spiro atoms. The Balaban J connectivity index is 1.64. The number of carbonyl (C=O) groups excluding carboxylic acids is 2. The highest BCUT2D eigenvalue weighted by Gasteiger charge is 2.27. The first-order chi connectivity index (χ1) is 11.5. The van der Waals surface area contributed by atoms with Crippen LogP contribution in [-0.2, 0) is 9.53 Å². The second-order valence-corrected chi connectivity index (χ2v) is 6.53. The van der Waals surface area contributed by atoms with E-state index in [1.807, 2.05) is 0 Å². The van der Waals surface area contributed by atoms with Gasteiger partial charge in [0.2, 0.25) is 5.91 Å². The zero-order valence-electron chi connectivity index (χ0n) is 13.0. The predicted octanol–water partition coefficient (Wildman–Crippen LogP) is 0.929. The summed E-state index contributed by atoms with van der Waals surface area (Å²) < 4.78 is 5.29. The summed E-state index contributed by atoms with van der Waals surface area (Å²) in [5.41, 5.74) is 13.0. The maximum Gasteiger partial charge on any atom is 0.265 e. The maximum absolute atomic E-state index is 12.3. The fourth-order valence-corrected chi connectivity index (χ4v) is 3.35. The molecule has 128 valence electrons. The molecular weight excluding hydrogens is 330 g/mol. The Morgan fingerprint density at radius 2 is 2.17 bits per heavy atom. The third-order valence-electron chi connectivity index (χ3n) is 4.06. The normalized spacial score (nSPS) is 16.7. The van der Waals surface area contributed by atoms with Crippen LogP contribution >= 0.6 is 11.3 Å². The van der Waals surface area contributed by atoms with E-state index < -0.39 is 11.9 Å². The summed E-state index contributed by atoms with van der Waals surface area (Å²) in [7, 11) is 0. The number of hydrogen-bond acceptors (Lipinski definition) is 6. The first-order valence-corrected chi connectivity index (χ1v) is 8.51. The summed E-state index contributed by atoms with van der Waals surface area (Å²) in [6, 6.07) is 1.05. The molecular formula is C15H19N5O3S. The van der Waals surface area contributed by atoms with E-state index in [0.29, 0.717) is 29.7 Å². The molecule has 0 aromatic carbocycles. The van der Waals surface area contributed by atoms with Crippen LogP contribution in [-0.4, -0.2) is 41.0 Å². The van der Waals surface area contributed by atoms with E-state index >= 15 is 0 Å². The minimum absolute atomic E-state index is 0.126. The monoisotopic (exact) mass is 349 g/mol. The Kier molecular flexibility index (Phi) is 4.93. The predicted molar refractivity (Wildman–Crippen MR) is 90.6 cm³/mol. The first-order valence-electron chi connectivity index (χ1n) is 7.63. The van der Waals surface area contributed by atoms with Crippen LogP contribution in [0, 0.1) is 5.92 Å². The molecule has 0 aliphatic carbocycles. The van der Waals surface area contributed by atoms with Crippen LogP contribution in [0.3, 0.4) is 0 Å². The van der Waals surface area contributed by atoms with E-state index in [-0.39, 0.29) is 11.8 Å². The highest BCUT2D eigenvalue weighted by Crippen LogP contribution is 2.26. The average Bonchev–Trinajstić information content (AvgIpc) is 3.24. The smallest absolute Gasteiger partial charge is 0.265 e. The van der Waals surface area contributed by atoms with Gasteiger partial charge in [-0.2, -0.15) is 0 Å².